The minimum atomic E-state index is -1.65. The Bertz CT molecular complexity index is 2340. The van der Waals surface area contributed by atoms with Crippen molar-refractivity contribution in [1.82, 2.24) is 64.5 Å². The first-order valence-corrected chi connectivity index (χ1v) is 24.4. The smallest absolute Gasteiger partial charge is 0.163 e. The van der Waals surface area contributed by atoms with E-state index in [1.807, 2.05) is 38.2 Å². The molecule has 0 unspecified atom stereocenters. The fourth-order valence-electron chi connectivity index (χ4n) is 5.47. The summed E-state index contributed by atoms with van der Waals surface area (Å²) < 4.78 is 4.72. The predicted octanol–water partition coefficient (Wildman–Crippen LogP) is 9.75. The molecule has 7 N–H and O–H groups in total. The third-order valence-corrected chi connectivity index (χ3v) is 21.9. The number of H-pyrrole nitrogens is 2. The van der Waals surface area contributed by atoms with Gasteiger partial charge in [-0.15, -0.1) is 0 Å². The number of nitrogens with zero attached hydrogens (tertiary/aromatic N) is 10. The maximum atomic E-state index is 6.09. The molecule has 8 aromatic heterocycles. The first-order valence-electron chi connectivity index (χ1n) is 17.7. The fourth-order valence-corrected chi connectivity index (χ4v) is 9.61. The molecule has 8 rings (SSSR count). The van der Waals surface area contributed by atoms with Gasteiger partial charge in [0.2, 0.25) is 0 Å². The Morgan fingerprint density at radius 3 is 1.38 bits per heavy atom. The topological polar surface area (TPSA) is 211 Å². The molecule has 18 heteroatoms. The van der Waals surface area contributed by atoms with Gasteiger partial charge in [0, 0.05) is 23.2 Å². The number of halogens is 2. The van der Waals surface area contributed by atoms with Crippen LogP contribution >= 0.6 is 23.2 Å². The lowest BCUT2D eigenvalue weighted by molar-refractivity contribution is 0.702. The van der Waals surface area contributed by atoms with Crippen LogP contribution in [0.15, 0.2) is 74.4 Å². The first-order chi connectivity index (χ1) is 25.3. The molecule has 8 aromatic rings. The normalized spacial score (nSPS) is 11.8. The SMILES string of the molecule is CC(C)(C)[Si](C)(C)n1ccc2c(Cl)ncnc21.Cc1ncnc2[nH]ccc12.Cc1ncnc2c1ccn2[Si](C)(C)C(C)(C)C.Clc1ncnc2[nH]ccc12.N.O. The second-order valence-corrected chi connectivity index (χ2v) is 27.1. The van der Waals surface area contributed by atoms with Crippen LogP contribution in [0.3, 0.4) is 0 Å². The number of aromatic amines is 2. The number of aryl methyl sites for hydroxylation is 2. The van der Waals surface area contributed by atoms with Gasteiger partial charge in [-0.3, -0.25) is 0 Å². The average Bonchev–Trinajstić information content (AvgIpc) is 3.91. The van der Waals surface area contributed by atoms with Crippen molar-refractivity contribution in [1.29, 1.82) is 0 Å². The van der Waals surface area contributed by atoms with Crippen LogP contribution < -0.4 is 6.15 Å². The summed E-state index contributed by atoms with van der Waals surface area (Å²) in [5.41, 5.74) is 5.81. The number of hydrogen-bond donors (Lipinski definition) is 3. The molecule has 0 bridgehead atoms. The molecule has 0 radical (unpaired) electrons. The molecule has 0 aromatic carbocycles. The second-order valence-electron chi connectivity index (χ2n) is 16.2. The highest BCUT2D eigenvalue weighted by Crippen LogP contribution is 2.40. The van der Waals surface area contributed by atoms with Crippen molar-refractivity contribution in [2.24, 2.45) is 0 Å². The molecule has 0 spiro atoms. The number of nitrogens with one attached hydrogen (secondary N) is 2. The van der Waals surface area contributed by atoms with Crippen molar-refractivity contribution in [2.75, 3.05) is 0 Å². The van der Waals surface area contributed by atoms with E-state index in [0.717, 1.165) is 50.1 Å². The van der Waals surface area contributed by atoms with Crippen molar-refractivity contribution in [3.05, 3.63) is 96.1 Å². The van der Waals surface area contributed by atoms with Crippen LogP contribution in [-0.2, 0) is 0 Å². The zero-order valence-electron chi connectivity index (χ0n) is 34.4. The minimum Gasteiger partial charge on any atom is -0.412 e. The van der Waals surface area contributed by atoms with E-state index in [0.29, 0.717) is 15.3 Å². The third-order valence-electron chi connectivity index (χ3n) is 10.8. The van der Waals surface area contributed by atoms with Crippen LogP contribution in [0.5, 0.6) is 0 Å². The number of hydrogen-bond acceptors (Lipinski definition) is 9. The average molecular weight is 837 g/mol. The standard InChI is InChI=1S/C13H21N3Si.C12H18ClN3Si.C7H7N3.C6H4ClN3.H3N.H2O/c1-10-11-7-8-16(12(11)15-9-14-10)17(5,6)13(2,3)4;1-12(2,3)17(4,5)16-7-6-9-10(13)14-8-15-11(9)16;1-5-6-2-3-8-7(6)10-4-9-5;7-5-4-1-2-8-6(4)10-3-9-5;;/h7-9H,1-6H3;6-8H,1-5H3;2-4H,1H3,(H,8,9,10);1-3H,(H,8,9,10);1H3;1H2. The molecule has 0 atom stereocenters. The van der Waals surface area contributed by atoms with Gasteiger partial charge in [-0.25, -0.2) is 39.9 Å². The summed E-state index contributed by atoms with van der Waals surface area (Å²) >= 11 is 11.8. The zero-order chi connectivity index (χ0) is 39.6. The van der Waals surface area contributed by atoms with Gasteiger partial charge in [0.05, 0.1) is 22.2 Å². The van der Waals surface area contributed by atoms with Crippen LogP contribution in [0.1, 0.15) is 52.9 Å². The summed E-state index contributed by atoms with van der Waals surface area (Å²) in [4.78, 5) is 38.9. The largest absolute Gasteiger partial charge is 0.412 e. The molecule has 0 fully saturated rings. The van der Waals surface area contributed by atoms with Gasteiger partial charge in [-0.05, 0) is 60.6 Å². The molecular weight excluding hydrogens is 782 g/mol. The van der Waals surface area contributed by atoms with Gasteiger partial charge in [-0.2, -0.15) is 0 Å². The molecule has 0 amide bonds. The van der Waals surface area contributed by atoms with E-state index in [1.54, 1.807) is 18.9 Å². The molecule has 0 aliphatic carbocycles. The summed E-state index contributed by atoms with van der Waals surface area (Å²) in [6.07, 6.45) is 14.1. The molecule has 0 aliphatic rings. The van der Waals surface area contributed by atoms with Crippen molar-refractivity contribution in [3.63, 3.8) is 0 Å². The highest BCUT2D eigenvalue weighted by Gasteiger charge is 2.39. The Morgan fingerprint density at radius 1 is 0.518 bits per heavy atom. The monoisotopic (exact) mass is 835 g/mol. The third kappa shape index (κ3) is 9.33. The van der Waals surface area contributed by atoms with E-state index in [4.69, 9.17) is 23.2 Å². The van der Waals surface area contributed by atoms with E-state index in [1.165, 1.54) is 18.0 Å². The Balaban J connectivity index is 0.000000203. The van der Waals surface area contributed by atoms with Crippen molar-refractivity contribution in [2.45, 2.75) is 91.7 Å². The van der Waals surface area contributed by atoms with Crippen LogP contribution in [0.2, 0.25) is 46.6 Å². The maximum absolute atomic E-state index is 6.09. The first kappa shape index (κ1) is 45.8. The summed E-state index contributed by atoms with van der Waals surface area (Å²) in [6.45, 7) is 27.3. The number of rotatable bonds is 2. The molecule has 14 nitrogen and oxygen atoms in total. The van der Waals surface area contributed by atoms with Gasteiger partial charge in [-0.1, -0.05) is 90.9 Å². The molecule has 0 saturated carbocycles. The van der Waals surface area contributed by atoms with Crippen molar-refractivity contribution in [3.8, 4) is 0 Å². The highest BCUT2D eigenvalue weighted by atomic mass is 35.5. The Labute approximate surface area is 340 Å². The van der Waals surface area contributed by atoms with Gasteiger partial charge in [0.1, 0.15) is 58.2 Å². The van der Waals surface area contributed by atoms with E-state index >= 15 is 0 Å². The molecule has 0 aliphatic heterocycles. The van der Waals surface area contributed by atoms with E-state index < -0.39 is 16.5 Å². The summed E-state index contributed by atoms with van der Waals surface area (Å²) in [5, 5.41) is 5.68. The van der Waals surface area contributed by atoms with Crippen LogP contribution in [-0.4, -0.2) is 80.3 Å². The van der Waals surface area contributed by atoms with Gasteiger partial charge >= 0.3 is 0 Å². The quantitative estimate of drug-likeness (QED) is 0.112. The van der Waals surface area contributed by atoms with Gasteiger partial charge in [0.15, 0.2) is 16.5 Å². The van der Waals surface area contributed by atoms with Crippen LogP contribution in [0.4, 0.5) is 0 Å². The van der Waals surface area contributed by atoms with E-state index in [2.05, 4.69) is 144 Å². The summed E-state index contributed by atoms with van der Waals surface area (Å²) in [5.74, 6) is 0. The van der Waals surface area contributed by atoms with Crippen LogP contribution in [0, 0.1) is 13.8 Å². The number of fused-ring (bicyclic) bond motifs is 4. The zero-order valence-corrected chi connectivity index (χ0v) is 37.9. The lowest BCUT2D eigenvalue weighted by Gasteiger charge is -2.38. The van der Waals surface area contributed by atoms with E-state index in [9.17, 15) is 0 Å². The predicted molar refractivity (Wildman–Crippen MR) is 236 cm³/mol. The van der Waals surface area contributed by atoms with Gasteiger partial charge < -0.3 is 30.1 Å². The molecule has 8 heterocycles. The fraction of sp³-hybridized carbons (Fsp3) is 0.368. The Morgan fingerprint density at radius 2 is 0.893 bits per heavy atom. The Hall–Kier alpha value is -4.59. The molecular formula is C38H55Cl2N13OSi2. The van der Waals surface area contributed by atoms with E-state index in [-0.39, 0.29) is 16.7 Å². The van der Waals surface area contributed by atoms with Gasteiger partial charge in [0.25, 0.3) is 0 Å². The van der Waals surface area contributed by atoms with Crippen molar-refractivity contribution >= 4 is 83.8 Å². The minimum absolute atomic E-state index is 0. The Kier molecular flexibility index (Phi) is 14.5. The maximum Gasteiger partial charge on any atom is 0.163 e. The number of aromatic nitrogens is 12. The lowest BCUT2D eigenvalue weighted by Crippen LogP contribution is -2.45. The second kappa shape index (κ2) is 17.7. The summed E-state index contributed by atoms with van der Waals surface area (Å²) in [6, 6.07) is 7.98. The lowest BCUT2D eigenvalue weighted by atomic mass is 10.2. The molecule has 56 heavy (non-hydrogen) atoms. The molecule has 300 valence electrons. The molecule has 0 saturated heterocycles. The summed E-state index contributed by atoms with van der Waals surface area (Å²) in [7, 11) is -3.24. The van der Waals surface area contributed by atoms with Crippen molar-refractivity contribution < 1.29 is 5.48 Å². The highest BCUT2D eigenvalue weighted by molar-refractivity contribution is 6.79. The van der Waals surface area contributed by atoms with Crippen LogP contribution in [0.25, 0.3) is 44.1 Å².